The Kier molecular flexibility index (Phi) is 14.8. The molecule has 4 nitrogen and oxygen atoms in total. The molecule has 0 amide bonds. The van der Waals surface area contributed by atoms with Gasteiger partial charge in [-0.1, -0.05) is 133 Å². The van der Waals surface area contributed by atoms with Gasteiger partial charge in [-0.15, -0.1) is 0 Å². The standard InChI is InChI=1S/C75H57F3N4/c1-52-19-33-64(34-20-52)79(73-16-6-11-61(76)49-73)65-35-21-55(22-36-65)56-23-37-66(38-24-56)80(74-17-7-12-62(77)50-74)67-39-25-57(26-40-67)58-27-41-68(42-28-58)81(75-18-8-13-63(78)51-75)69-43-29-59(30-44-69)60-31-45-70(46-32-60)82(71-14-4-9-53(2)47-71)72-15-5-10-54(3)48-72/h4-51H,1-3H3. The van der Waals surface area contributed by atoms with E-state index in [4.69, 9.17) is 0 Å². The fraction of sp³-hybridized carbons (Fsp3) is 0.0400. The molecule has 0 aliphatic rings. The van der Waals surface area contributed by atoms with E-state index < -0.39 is 0 Å². The van der Waals surface area contributed by atoms with Gasteiger partial charge in [-0.25, -0.2) is 13.2 Å². The van der Waals surface area contributed by atoms with Gasteiger partial charge in [0.15, 0.2) is 0 Å². The van der Waals surface area contributed by atoms with Crippen LogP contribution in [0.3, 0.4) is 0 Å². The van der Waals surface area contributed by atoms with E-state index in [0.29, 0.717) is 11.4 Å². The highest BCUT2D eigenvalue weighted by Crippen LogP contribution is 2.42. The van der Waals surface area contributed by atoms with Gasteiger partial charge < -0.3 is 19.6 Å². The van der Waals surface area contributed by atoms with E-state index in [9.17, 15) is 13.2 Å². The van der Waals surface area contributed by atoms with Gasteiger partial charge in [0.2, 0.25) is 0 Å². The first-order valence-electron chi connectivity index (χ1n) is 27.4. The van der Waals surface area contributed by atoms with E-state index >= 15 is 0 Å². The van der Waals surface area contributed by atoms with Crippen LogP contribution in [-0.4, -0.2) is 0 Å². The van der Waals surface area contributed by atoms with E-state index in [2.05, 4.69) is 230 Å². The Balaban J connectivity index is 0.787. The Morgan fingerprint density at radius 1 is 0.183 bits per heavy atom. The molecule has 0 saturated heterocycles. The van der Waals surface area contributed by atoms with Crippen molar-refractivity contribution in [2.75, 3.05) is 19.6 Å². The summed E-state index contributed by atoms with van der Waals surface area (Å²) in [6.07, 6.45) is 0. The molecule has 0 aliphatic heterocycles. The van der Waals surface area contributed by atoms with Crippen molar-refractivity contribution in [3.8, 4) is 33.4 Å². The topological polar surface area (TPSA) is 13.0 Å². The molecule has 0 unspecified atom stereocenters. The molecule has 0 atom stereocenters. The number of halogens is 3. The highest BCUT2D eigenvalue weighted by atomic mass is 19.1. The van der Waals surface area contributed by atoms with Crippen LogP contribution in [0.4, 0.5) is 81.4 Å². The molecule has 12 aromatic carbocycles. The summed E-state index contributed by atoms with van der Waals surface area (Å²) < 4.78 is 44.4. The fourth-order valence-corrected chi connectivity index (χ4v) is 10.7. The van der Waals surface area contributed by atoms with Crippen molar-refractivity contribution in [1.29, 1.82) is 0 Å². The summed E-state index contributed by atoms with van der Waals surface area (Å²) >= 11 is 0. The third-order valence-electron chi connectivity index (χ3n) is 14.8. The van der Waals surface area contributed by atoms with Gasteiger partial charge in [0.1, 0.15) is 17.5 Å². The minimum atomic E-state index is -0.331. The van der Waals surface area contributed by atoms with Crippen molar-refractivity contribution in [3.05, 3.63) is 325 Å². The summed E-state index contributed by atoms with van der Waals surface area (Å²) in [6.45, 7) is 6.28. The van der Waals surface area contributed by atoms with Crippen LogP contribution in [0, 0.1) is 38.2 Å². The minimum absolute atomic E-state index is 0.300. The first kappa shape index (κ1) is 52.3. The lowest BCUT2D eigenvalue weighted by atomic mass is 10.0. The Morgan fingerprint density at radius 2 is 0.378 bits per heavy atom. The van der Waals surface area contributed by atoms with Crippen molar-refractivity contribution in [2.45, 2.75) is 20.8 Å². The average molecular weight is 1070 g/mol. The van der Waals surface area contributed by atoms with Crippen LogP contribution in [0.2, 0.25) is 0 Å². The van der Waals surface area contributed by atoms with E-state index in [0.717, 1.165) is 95.8 Å². The van der Waals surface area contributed by atoms with Gasteiger partial charge in [0.05, 0.1) is 0 Å². The molecule has 0 aromatic heterocycles. The zero-order valence-electron chi connectivity index (χ0n) is 45.6. The number of nitrogens with zero attached hydrogens (tertiary/aromatic N) is 4. The predicted octanol–water partition coefficient (Wildman–Crippen LogP) is 21.9. The van der Waals surface area contributed by atoms with Gasteiger partial charge in [-0.05, 0) is 229 Å². The first-order valence-corrected chi connectivity index (χ1v) is 27.4. The Bertz CT molecular complexity index is 4100. The lowest BCUT2D eigenvalue weighted by Gasteiger charge is -2.27. The van der Waals surface area contributed by atoms with Gasteiger partial charge in [0.25, 0.3) is 0 Å². The smallest absolute Gasteiger partial charge is 0.125 e. The zero-order chi connectivity index (χ0) is 56.1. The van der Waals surface area contributed by atoms with Crippen LogP contribution in [0.5, 0.6) is 0 Å². The Morgan fingerprint density at radius 3 is 0.598 bits per heavy atom. The molecule has 398 valence electrons. The summed E-state index contributed by atoms with van der Waals surface area (Å²) in [5.74, 6) is -0.950. The second-order valence-corrected chi connectivity index (χ2v) is 20.6. The largest absolute Gasteiger partial charge is 0.310 e. The molecule has 0 fully saturated rings. The molecule has 7 heteroatoms. The molecular formula is C75H57F3N4. The van der Waals surface area contributed by atoms with Gasteiger partial charge >= 0.3 is 0 Å². The third kappa shape index (κ3) is 11.4. The van der Waals surface area contributed by atoms with Gasteiger partial charge in [0, 0.05) is 68.2 Å². The van der Waals surface area contributed by atoms with Crippen LogP contribution < -0.4 is 19.6 Å². The Labute approximate surface area is 478 Å². The number of benzene rings is 12. The predicted molar refractivity (Wildman–Crippen MR) is 336 cm³/mol. The van der Waals surface area contributed by atoms with E-state index in [1.165, 1.54) is 29.3 Å². The molecule has 0 bridgehead atoms. The number of hydrogen-bond acceptors (Lipinski definition) is 4. The van der Waals surface area contributed by atoms with Gasteiger partial charge in [-0.2, -0.15) is 0 Å². The third-order valence-corrected chi connectivity index (χ3v) is 14.8. The maximum Gasteiger partial charge on any atom is 0.125 e. The molecule has 12 rings (SSSR count). The highest BCUT2D eigenvalue weighted by Gasteiger charge is 2.19. The SMILES string of the molecule is Cc1ccc(N(c2ccc(-c3ccc(N(c4ccc(-c5ccc(N(c6ccc(-c7ccc(N(c8cccc(C)c8)c8cccc(C)c8)cc7)cc6)c6cccc(F)c6)cc5)cc4)c4cccc(F)c4)cc3)cc2)c2cccc(F)c2)cc1. The highest BCUT2D eigenvalue weighted by molar-refractivity contribution is 5.85. The summed E-state index contributed by atoms with van der Waals surface area (Å²) in [7, 11) is 0. The number of hydrogen-bond donors (Lipinski definition) is 0. The summed E-state index contributed by atoms with van der Waals surface area (Å²) in [5.41, 5.74) is 20.4. The lowest BCUT2D eigenvalue weighted by molar-refractivity contribution is 0.627. The lowest BCUT2D eigenvalue weighted by Crippen LogP contribution is -2.10. The maximum atomic E-state index is 15.0. The first-order chi connectivity index (χ1) is 40.1. The molecule has 0 spiro atoms. The van der Waals surface area contributed by atoms with E-state index in [-0.39, 0.29) is 17.5 Å². The average Bonchev–Trinajstić information content (AvgIpc) is 3.57. The molecule has 82 heavy (non-hydrogen) atoms. The summed E-state index contributed by atoms with van der Waals surface area (Å²) in [6, 6.07) is 95.4. The molecular weight excluding hydrogens is 1010 g/mol. The fourth-order valence-electron chi connectivity index (χ4n) is 10.7. The second-order valence-electron chi connectivity index (χ2n) is 20.6. The van der Waals surface area contributed by atoms with Crippen molar-refractivity contribution in [1.82, 2.24) is 0 Å². The van der Waals surface area contributed by atoms with E-state index in [1.54, 1.807) is 36.4 Å². The molecule has 0 saturated carbocycles. The number of rotatable bonds is 15. The van der Waals surface area contributed by atoms with Crippen LogP contribution in [0.15, 0.2) is 291 Å². The van der Waals surface area contributed by atoms with Crippen LogP contribution in [0.25, 0.3) is 33.4 Å². The summed E-state index contributed by atoms with van der Waals surface area (Å²) in [4.78, 5) is 8.45. The van der Waals surface area contributed by atoms with Crippen LogP contribution in [-0.2, 0) is 0 Å². The molecule has 0 radical (unpaired) electrons. The van der Waals surface area contributed by atoms with Gasteiger partial charge in [-0.3, -0.25) is 0 Å². The van der Waals surface area contributed by atoms with Crippen molar-refractivity contribution in [2.24, 2.45) is 0 Å². The molecule has 0 aliphatic carbocycles. The van der Waals surface area contributed by atoms with Crippen molar-refractivity contribution >= 4 is 68.2 Å². The molecule has 0 N–H and O–H groups in total. The Hall–Kier alpha value is -10.4. The maximum absolute atomic E-state index is 15.0. The quantitative estimate of drug-likeness (QED) is 0.101. The van der Waals surface area contributed by atoms with Crippen LogP contribution in [0.1, 0.15) is 16.7 Å². The number of aryl methyl sites for hydroxylation is 3. The molecule has 12 aromatic rings. The van der Waals surface area contributed by atoms with Crippen molar-refractivity contribution in [3.63, 3.8) is 0 Å². The van der Waals surface area contributed by atoms with Crippen LogP contribution >= 0.6 is 0 Å². The molecule has 0 heterocycles. The second kappa shape index (κ2) is 23.1. The zero-order valence-corrected chi connectivity index (χ0v) is 45.6. The van der Waals surface area contributed by atoms with Crippen molar-refractivity contribution < 1.29 is 13.2 Å². The normalized spacial score (nSPS) is 11.0. The monoisotopic (exact) mass is 1070 g/mol. The van der Waals surface area contributed by atoms with E-state index in [1.807, 2.05) is 47.1 Å². The minimum Gasteiger partial charge on any atom is -0.310 e. The number of anilines is 12. The summed E-state index contributed by atoms with van der Waals surface area (Å²) in [5, 5.41) is 0.